The summed E-state index contributed by atoms with van der Waals surface area (Å²) in [4.78, 5) is 2.36. The summed E-state index contributed by atoms with van der Waals surface area (Å²) in [6, 6.07) is 11.5. The molecule has 0 aliphatic carbocycles. The first-order valence-electron chi connectivity index (χ1n) is 9.57. The number of rotatable bonds is 6. The molecule has 2 aromatic rings. The second kappa shape index (κ2) is 8.72. The van der Waals surface area contributed by atoms with Crippen molar-refractivity contribution in [3.8, 4) is 5.75 Å². The Morgan fingerprint density at radius 1 is 1.04 bits per heavy atom. The monoisotopic (exact) mass is 422 g/mol. The van der Waals surface area contributed by atoms with Crippen molar-refractivity contribution in [1.82, 2.24) is 4.31 Å². The SMILES string of the molecule is CCCOc1cc(C)c(Cl)cc1S(=O)(=O)N1CCN(c2ccc(C)cc2)CC1. The van der Waals surface area contributed by atoms with Crippen molar-refractivity contribution in [1.29, 1.82) is 0 Å². The Balaban J connectivity index is 1.80. The first kappa shape index (κ1) is 21.0. The van der Waals surface area contributed by atoms with Crippen LogP contribution in [0.5, 0.6) is 5.75 Å². The Labute approximate surface area is 172 Å². The van der Waals surface area contributed by atoms with Gasteiger partial charge in [0.05, 0.1) is 6.61 Å². The molecule has 0 unspecified atom stereocenters. The largest absolute Gasteiger partial charge is 0.492 e. The highest BCUT2D eigenvalue weighted by Gasteiger charge is 2.31. The van der Waals surface area contributed by atoms with Crippen molar-refractivity contribution in [3.05, 3.63) is 52.5 Å². The quantitative estimate of drug-likeness (QED) is 0.698. The van der Waals surface area contributed by atoms with Gasteiger partial charge in [-0.3, -0.25) is 0 Å². The highest BCUT2D eigenvalue weighted by Crippen LogP contribution is 2.33. The second-order valence-corrected chi connectivity index (χ2v) is 9.44. The number of halogens is 1. The van der Waals surface area contributed by atoms with E-state index >= 15 is 0 Å². The van der Waals surface area contributed by atoms with E-state index in [2.05, 4.69) is 36.1 Å². The summed E-state index contributed by atoms with van der Waals surface area (Å²) in [5.74, 6) is 0.379. The number of piperazine rings is 1. The van der Waals surface area contributed by atoms with Gasteiger partial charge in [0.25, 0.3) is 0 Å². The van der Waals surface area contributed by atoms with Gasteiger partial charge in [-0.2, -0.15) is 4.31 Å². The van der Waals surface area contributed by atoms with Crippen LogP contribution in [0.2, 0.25) is 5.02 Å². The minimum Gasteiger partial charge on any atom is -0.492 e. The summed E-state index contributed by atoms with van der Waals surface area (Å²) >= 11 is 6.23. The molecule has 28 heavy (non-hydrogen) atoms. The molecule has 0 bridgehead atoms. The van der Waals surface area contributed by atoms with Crippen molar-refractivity contribution in [2.24, 2.45) is 0 Å². The molecule has 5 nitrogen and oxygen atoms in total. The van der Waals surface area contributed by atoms with E-state index < -0.39 is 10.0 Å². The Morgan fingerprint density at radius 3 is 2.29 bits per heavy atom. The van der Waals surface area contributed by atoms with Crippen LogP contribution in [0.25, 0.3) is 0 Å². The third kappa shape index (κ3) is 4.45. The molecular weight excluding hydrogens is 396 g/mol. The predicted octanol–water partition coefficient (Wildman–Crippen LogP) is 4.26. The van der Waals surface area contributed by atoms with Crippen LogP contribution >= 0.6 is 11.6 Å². The van der Waals surface area contributed by atoms with E-state index in [0.29, 0.717) is 43.6 Å². The zero-order chi connectivity index (χ0) is 20.3. The molecule has 0 aromatic heterocycles. The topological polar surface area (TPSA) is 49.9 Å². The molecule has 152 valence electrons. The Kier molecular flexibility index (Phi) is 6.53. The van der Waals surface area contributed by atoms with Crippen LogP contribution in [0.1, 0.15) is 24.5 Å². The summed E-state index contributed by atoms with van der Waals surface area (Å²) < 4.78 is 33.8. The van der Waals surface area contributed by atoms with Gasteiger partial charge in [-0.25, -0.2) is 8.42 Å². The molecule has 3 rings (SSSR count). The molecular formula is C21H27ClN2O3S. The number of ether oxygens (including phenoxy) is 1. The van der Waals surface area contributed by atoms with Crippen molar-refractivity contribution in [2.75, 3.05) is 37.7 Å². The summed E-state index contributed by atoms with van der Waals surface area (Å²) in [5, 5.41) is 0.431. The molecule has 0 atom stereocenters. The summed E-state index contributed by atoms with van der Waals surface area (Å²) in [5.41, 5.74) is 3.13. The fourth-order valence-electron chi connectivity index (χ4n) is 3.24. The lowest BCUT2D eigenvalue weighted by Crippen LogP contribution is -2.48. The lowest BCUT2D eigenvalue weighted by Gasteiger charge is -2.35. The van der Waals surface area contributed by atoms with Gasteiger partial charge >= 0.3 is 0 Å². The standard InChI is InChI=1S/C21H27ClN2O3S/c1-4-13-27-20-14-17(3)19(22)15-21(20)28(25,26)24-11-9-23(10-12-24)18-7-5-16(2)6-8-18/h5-8,14-15H,4,9-13H2,1-3H3. The zero-order valence-electron chi connectivity index (χ0n) is 16.6. The van der Waals surface area contributed by atoms with E-state index in [0.717, 1.165) is 17.7 Å². The lowest BCUT2D eigenvalue weighted by atomic mass is 10.2. The molecule has 1 saturated heterocycles. The molecule has 0 N–H and O–H groups in total. The van der Waals surface area contributed by atoms with Crippen LogP contribution in [-0.2, 0) is 10.0 Å². The minimum absolute atomic E-state index is 0.153. The van der Waals surface area contributed by atoms with Crippen LogP contribution in [0.3, 0.4) is 0 Å². The third-order valence-electron chi connectivity index (χ3n) is 4.94. The fraction of sp³-hybridized carbons (Fsp3) is 0.429. The van der Waals surface area contributed by atoms with E-state index in [-0.39, 0.29) is 4.90 Å². The van der Waals surface area contributed by atoms with E-state index in [1.54, 1.807) is 6.07 Å². The summed E-state index contributed by atoms with van der Waals surface area (Å²) in [6.07, 6.45) is 0.802. The highest BCUT2D eigenvalue weighted by molar-refractivity contribution is 7.89. The summed E-state index contributed by atoms with van der Waals surface area (Å²) in [6.45, 7) is 8.49. The van der Waals surface area contributed by atoms with Crippen molar-refractivity contribution < 1.29 is 13.2 Å². The van der Waals surface area contributed by atoms with Crippen LogP contribution in [-0.4, -0.2) is 45.5 Å². The number of sulfonamides is 1. The van der Waals surface area contributed by atoms with Gasteiger partial charge in [-0.05, 0) is 50.1 Å². The molecule has 0 spiro atoms. The van der Waals surface area contributed by atoms with Crippen LogP contribution in [0, 0.1) is 13.8 Å². The Bertz CT molecular complexity index is 921. The normalized spacial score (nSPS) is 15.6. The van der Waals surface area contributed by atoms with E-state index in [4.69, 9.17) is 16.3 Å². The van der Waals surface area contributed by atoms with E-state index in [9.17, 15) is 8.42 Å². The van der Waals surface area contributed by atoms with E-state index in [1.165, 1.54) is 15.9 Å². The van der Waals surface area contributed by atoms with E-state index in [1.807, 2.05) is 13.8 Å². The van der Waals surface area contributed by atoms with Crippen LogP contribution in [0.4, 0.5) is 5.69 Å². The molecule has 7 heteroatoms. The molecule has 1 fully saturated rings. The Hall–Kier alpha value is -1.76. The fourth-order valence-corrected chi connectivity index (χ4v) is 5.03. The van der Waals surface area contributed by atoms with Crippen molar-refractivity contribution in [3.63, 3.8) is 0 Å². The second-order valence-electron chi connectivity index (χ2n) is 7.12. The number of aryl methyl sites for hydroxylation is 2. The van der Waals surface area contributed by atoms with Crippen LogP contribution < -0.4 is 9.64 Å². The number of benzene rings is 2. The van der Waals surface area contributed by atoms with Gasteiger partial charge in [-0.15, -0.1) is 0 Å². The smallest absolute Gasteiger partial charge is 0.246 e. The van der Waals surface area contributed by atoms with Gasteiger partial charge in [-0.1, -0.05) is 36.2 Å². The van der Waals surface area contributed by atoms with Gasteiger partial charge in [0.1, 0.15) is 10.6 Å². The third-order valence-corrected chi connectivity index (χ3v) is 7.27. The lowest BCUT2D eigenvalue weighted by molar-refractivity contribution is 0.306. The average Bonchev–Trinajstić information content (AvgIpc) is 2.69. The molecule has 1 aliphatic heterocycles. The predicted molar refractivity (Wildman–Crippen MR) is 114 cm³/mol. The first-order chi connectivity index (χ1) is 13.3. The average molecular weight is 423 g/mol. The molecule has 1 aliphatic rings. The molecule has 1 heterocycles. The van der Waals surface area contributed by atoms with Gasteiger partial charge in [0.2, 0.25) is 10.0 Å². The maximum Gasteiger partial charge on any atom is 0.246 e. The minimum atomic E-state index is -3.68. The van der Waals surface area contributed by atoms with Gasteiger partial charge in [0, 0.05) is 36.9 Å². The molecule has 0 radical (unpaired) electrons. The zero-order valence-corrected chi connectivity index (χ0v) is 18.2. The number of anilines is 1. The van der Waals surface area contributed by atoms with Gasteiger partial charge < -0.3 is 9.64 Å². The van der Waals surface area contributed by atoms with Crippen molar-refractivity contribution >= 4 is 27.3 Å². The Morgan fingerprint density at radius 2 is 1.68 bits per heavy atom. The number of nitrogens with zero attached hydrogens (tertiary/aromatic N) is 2. The van der Waals surface area contributed by atoms with Crippen molar-refractivity contribution in [2.45, 2.75) is 32.1 Å². The van der Waals surface area contributed by atoms with Gasteiger partial charge in [0.15, 0.2) is 0 Å². The molecule has 2 aromatic carbocycles. The number of hydrogen-bond acceptors (Lipinski definition) is 4. The summed E-state index contributed by atoms with van der Waals surface area (Å²) in [7, 11) is -3.68. The highest BCUT2D eigenvalue weighted by atomic mass is 35.5. The molecule has 0 amide bonds. The van der Waals surface area contributed by atoms with Crippen LogP contribution in [0.15, 0.2) is 41.3 Å². The first-order valence-corrected chi connectivity index (χ1v) is 11.4. The maximum atomic E-state index is 13.3. The maximum absolute atomic E-state index is 13.3. The molecule has 0 saturated carbocycles. The number of hydrogen-bond donors (Lipinski definition) is 0.